The molecule has 0 N–H and O–H groups in total. The van der Waals surface area contributed by atoms with Crippen LogP contribution in [0.5, 0.6) is 0 Å². The van der Waals surface area contributed by atoms with Crippen molar-refractivity contribution in [2.75, 3.05) is 0 Å². The van der Waals surface area contributed by atoms with E-state index in [2.05, 4.69) is 3.07 Å². The van der Waals surface area contributed by atoms with Gasteiger partial charge in [-0.1, -0.05) is 0 Å². The molecule has 0 amide bonds. The molecule has 0 aliphatic rings. The summed E-state index contributed by atoms with van der Waals surface area (Å²) in [7, 11) is 0. The predicted molar refractivity (Wildman–Crippen MR) is 32.3 cm³/mol. The summed E-state index contributed by atoms with van der Waals surface area (Å²) in [6.07, 6.45) is -4.50. The number of alkyl halides is 3. The number of hydrogen-bond acceptors (Lipinski definition) is 1. The Kier molecular flexibility index (Phi) is 3.33. The van der Waals surface area contributed by atoms with Crippen molar-refractivity contribution in [1.29, 1.82) is 0 Å². The van der Waals surface area contributed by atoms with Crippen LogP contribution in [0.3, 0.4) is 0 Å². The Hall–Kier alpha value is -0.300. The van der Waals surface area contributed by atoms with Gasteiger partial charge in [-0.05, 0) is 0 Å². The number of rotatable bonds is 2. The van der Waals surface area contributed by atoms with E-state index in [1.807, 2.05) is 0 Å². The standard InChI is InChI=1S/C7H5F3IO/c8-7(9,10)12-11-6-4-2-1-3-5-6/h1-5H/q-1. The van der Waals surface area contributed by atoms with Crippen molar-refractivity contribution in [2.24, 2.45) is 0 Å². The Morgan fingerprint density at radius 1 is 1.08 bits per heavy atom. The first-order valence-corrected chi connectivity index (χ1v) is 4.98. The summed E-state index contributed by atoms with van der Waals surface area (Å²) in [4.78, 5) is 0. The van der Waals surface area contributed by atoms with Crippen LogP contribution in [-0.4, -0.2) is 6.36 Å². The molecule has 0 aromatic heterocycles. The summed E-state index contributed by atoms with van der Waals surface area (Å²) in [5.41, 5.74) is 0. The van der Waals surface area contributed by atoms with E-state index in [1.165, 1.54) is 0 Å². The van der Waals surface area contributed by atoms with Gasteiger partial charge in [-0.15, -0.1) is 0 Å². The molecular formula is C7H5F3IO-. The third kappa shape index (κ3) is 3.91. The van der Waals surface area contributed by atoms with Crippen LogP contribution in [0.2, 0.25) is 0 Å². The number of benzene rings is 1. The minimum absolute atomic E-state index is 0.619. The zero-order chi connectivity index (χ0) is 9.03. The van der Waals surface area contributed by atoms with E-state index in [0.29, 0.717) is 3.57 Å². The molecule has 0 radical (unpaired) electrons. The molecule has 1 aromatic rings. The van der Waals surface area contributed by atoms with Crippen molar-refractivity contribution in [3.05, 3.63) is 33.9 Å². The van der Waals surface area contributed by atoms with Crippen LogP contribution in [0.25, 0.3) is 0 Å². The van der Waals surface area contributed by atoms with E-state index in [9.17, 15) is 13.2 Å². The molecule has 0 atom stereocenters. The summed E-state index contributed by atoms with van der Waals surface area (Å²) < 4.78 is 39.0. The van der Waals surface area contributed by atoms with E-state index in [4.69, 9.17) is 0 Å². The molecule has 1 rings (SSSR count). The van der Waals surface area contributed by atoms with Gasteiger partial charge in [0, 0.05) is 0 Å². The quantitative estimate of drug-likeness (QED) is 0.661. The molecule has 5 heteroatoms. The van der Waals surface area contributed by atoms with Gasteiger partial charge in [-0.3, -0.25) is 0 Å². The van der Waals surface area contributed by atoms with Gasteiger partial charge in [-0.2, -0.15) is 0 Å². The average molecular weight is 289 g/mol. The molecule has 12 heavy (non-hydrogen) atoms. The zero-order valence-electron chi connectivity index (χ0n) is 5.81. The fourth-order valence-electron chi connectivity index (χ4n) is 0.554. The van der Waals surface area contributed by atoms with Crippen molar-refractivity contribution in [3.63, 3.8) is 0 Å². The minimum atomic E-state index is -4.50. The van der Waals surface area contributed by atoms with Gasteiger partial charge in [0.25, 0.3) is 0 Å². The van der Waals surface area contributed by atoms with Crippen molar-refractivity contribution in [1.82, 2.24) is 0 Å². The van der Waals surface area contributed by atoms with Gasteiger partial charge in [0.2, 0.25) is 0 Å². The fraction of sp³-hybridized carbons (Fsp3) is 0.143. The Morgan fingerprint density at radius 2 is 1.67 bits per heavy atom. The van der Waals surface area contributed by atoms with Gasteiger partial charge in [0.05, 0.1) is 0 Å². The molecule has 0 saturated carbocycles. The van der Waals surface area contributed by atoms with Gasteiger partial charge in [-0.25, -0.2) is 0 Å². The zero-order valence-corrected chi connectivity index (χ0v) is 7.96. The summed E-state index contributed by atoms with van der Waals surface area (Å²) in [5, 5.41) is 0. The number of halogens is 4. The third-order valence-electron chi connectivity index (χ3n) is 0.948. The summed E-state index contributed by atoms with van der Waals surface area (Å²) >= 11 is -1.39. The van der Waals surface area contributed by atoms with Crippen LogP contribution < -0.4 is 21.6 Å². The van der Waals surface area contributed by atoms with Crippen LogP contribution >= 0.6 is 0 Å². The molecule has 0 heterocycles. The molecule has 1 nitrogen and oxygen atoms in total. The van der Waals surface area contributed by atoms with Crippen LogP contribution in [-0.2, 0) is 3.07 Å². The molecule has 0 fully saturated rings. The van der Waals surface area contributed by atoms with Crippen molar-refractivity contribution in [2.45, 2.75) is 6.36 Å². The predicted octanol–water partition coefficient (Wildman–Crippen LogP) is -0.603. The van der Waals surface area contributed by atoms with Crippen LogP contribution in [0, 0.1) is 3.57 Å². The third-order valence-corrected chi connectivity index (χ3v) is 2.90. The summed E-state index contributed by atoms with van der Waals surface area (Å²) in [6, 6.07) is 8.38. The van der Waals surface area contributed by atoms with Gasteiger partial charge >= 0.3 is 78.1 Å². The second-order valence-electron chi connectivity index (χ2n) is 1.90. The van der Waals surface area contributed by atoms with Crippen molar-refractivity contribution >= 4 is 0 Å². The van der Waals surface area contributed by atoms with Crippen molar-refractivity contribution in [3.8, 4) is 0 Å². The summed E-state index contributed by atoms with van der Waals surface area (Å²) in [5.74, 6) is 0. The molecule has 0 unspecified atom stereocenters. The fourth-order valence-corrected chi connectivity index (χ4v) is 1.77. The first-order valence-electron chi connectivity index (χ1n) is 3.03. The molecular weight excluding hydrogens is 284 g/mol. The van der Waals surface area contributed by atoms with Crippen molar-refractivity contribution < 1.29 is 37.9 Å². The molecule has 68 valence electrons. The monoisotopic (exact) mass is 289 g/mol. The van der Waals surface area contributed by atoms with Gasteiger partial charge < -0.3 is 0 Å². The number of hydrogen-bond donors (Lipinski definition) is 0. The molecule has 0 aliphatic heterocycles. The molecule has 0 spiro atoms. The molecule has 0 saturated heterocycles. The van der Waals surface area contributed by atoms with E-state index < -0.39 is 28.0 Å². The first kappa shape index (κ1) is 9.79. The van der Waals surface area contributed by atoms with E-state index in [1.54, 1.807) is 30.3 Å². The second kappa shape index (κ2) is 4.08. The average Bonchev–Trinajstić information content (AvgIpc) is 2.02. The van der Waals surface area contributed by atoms with E-state index in [0.717, 1.165) is 0 Å². The van der Waals surface area contributed by atoms with Crippen LogP contribution in [0.4, 0.5) is 13.2 Å². The Bertz CT molecular complexity index is 234. The Labute approximate surface area is 78.3 Å². The second-order valence-corrected chi connectivity index (χ2v) is 4.02. The van der Waals surface area contributed by atoms with Gasteiger partial charge in [0.15, 0.2) is 0 Å². The molecule has 1 aromatic carbocycles. The van der Waals surface area contributed by atoms with E-state index >= 15 is 0 Å². The Balaban J connectivity index is 2.44. The van der Waals surface area contributed by atoms with Crippen LogP contribution in [0.15, 0.2) is 30.3 Å². The van der Waals surface area contributed by atoms with Gasteiger partial charge in [0.1, 0.15) is 0 Å². The first-order chi connectivity index (χ1) is 5.58. The van der Waals surface area contributed by atoms with Crippen LogP contribution in [0.1, 0.15) is 0 Å². The maximum atomic E-state index is 11.5. The van der Waals surface area contributed by atoms with E-state index in [-0.39, 0.29) is 0 Å². The SMILES string of the molecule is FC(F)(F)O[I-]c1ccccc1. The molecule has 0 bridgehead atoms. The Morgan fingerprint density at radius 3 is 2.17 bits per heavy atom. The maximum absolute atomic E-state index is 11.5. The normalized spacial score (nSPS) is 11.9. The summed E-state index contributed by atoms with van der Waals surface area (Å²) in [6.45, 7) is 0. The molecule has 0 aliphatic carbocycles. The topological polar surface area (TPSA) is 9.23 Å².